The van der Waals surface area contributed by atoms with Crippen LogP contribution in [0.4, 0.5) is 0 Å². The highest BCUT2D eigenvalue weighted by atomic mass is 16.5. The summed E-state index contributed by atoms with van der Waals surface area (Å²) in [6.07, 6.45) is 5.80. The van der Waals surface area contributed by atoms with Gasteiger partial charge in [0.05, 0.1) is 18.4 Å². The molecule has 24 heavy (non-hydrogen) atoms. The third-order valence-electron chi connectivity index (χ3n) is 4.72. The van der Waals surface area contributed by atoms with Crippen LogP contribution in [0.25, 0.3) is 11.1 Å². The van der Waals surface area contributed by atoms with E-state index < -0.39 is 5.97 Å². The van der Waals surface area contributed by atoms with E-state index in [1.54, 1.807) is 29.9 Å². The summed E-state index contributed by atoms with van der Waals surface area (Å²) < 4.78 is 12.2. The smallest absolute Gasteiger partial charge is 0.355 e. The van der Waals surface area contributed by atoms with E-state index in [-0.39, 0.29) is 12.5 Å². The van der Waals surface area contributed by atoms with E-state index in [9.17, 15) is 9.59 Å². The number of fused-ring (bicyclic) bond motifs is 1. The zero-order chi connectivity index (χ0) is 17.1. The number of aromatic nitrogens is 1. The van der Waals surface area contributed by atoms with Crippen LogP contribution in [0.3, 0.4) is 0 Å². The second kappa shape index (κ2) is 7.11. The van der Waals surface area contributed by atoms with Gasteiger partial charge in [0.2, 0.25) is 5.91 Å². The Morgan fingerprint density at radius 1 is 1.33 bits per heavy atom. The number of ether oxygens (including phenoxy) is 1. The van der Waals surface area contributed by atoms with Gasteiger partial charge in [-0.05, 0) is 32.6 Å². The second-order valence-electron chi connectivity index (χ2n) is 6.15. The lowest BCUT2D eigenvalue weighted by molar-refractivity contribution is -0.135. The van der Waals surface area contributed by atoms with Crippen LogP contribution in [-0.4, -0.2) is 40.5 Å². The number of hydrogen-bond acceptors (Lipinski definition) is 4. The van der Waals surface area contributed by atoms with Crippen molar-refractivity contribution in [2.75, 3.05) is 13.2 Å². The van der Waals surface area contributed by atoms with E-state index in [1.165, 1.54) is 6.42 Å². The number of rotatable bonds is 5. The molecule has 0 spiro atoms. The Morgan fingerprint density at radius 2 is 2.17 bits per heavy atom. The first-order chi connectivity index (χ1) is 11.7. The summed E-state index contributed by atoms with van der Waals surface area (Å²) in [5.41, 5.74) is 1.71. The highest BCUT2D eigenvalue weighted by Crippen LogP contribution is 2.24. The molecule has 0 aliphatic carbocycles. The standard InChI is InChI=1S/C18H24N2O4/c1-3-13-7-5-6-9-19(13)17(21)12-20-14-8-10-24-16(14)11-15(20)18(22)23-4-2/h8,10-11,13H,3-7,9,12H2,1-2H3/t13-/m0/s1. The molecule has 1 saturated heterocycles. The molecule has 2 aromatic heterocycles. The SMILES string of the molecule is CCOC(=O)c1cc2occc2n1CC(=O)N1CCCC[C@@H]1CC. The van der Waals surface area contributed by atoms with Gasteiger partial charge in [0.25, 0.3) is 0 Å². The van der Waals surface area contributed by atoms with Crippen molar-refractivity contribution in [2.45, 2.75) is 52.1 Å². The van der Waals surface area contributed by atoms with E-state index in [1.807, 2.05) is 4.90 Å². The lowest BCUT2D eigenvalue weighted by Crippen LogP contribution is -2.45. The van der Waals surface area contributed by atoms with Crippen LogP contribution in [0.1, 0.15) is 50.0 Å². The first-order valence-electron chi connectivity index (χ1n) is 8.69. The molecule has 1 aliphatic heterocycles. The van der Waals surface area contributed by atoms with Gasteiger partial charge >= 0.3 is 5.97 Å². The van der Waals surface area contributed by atoms with E-state index in [0.29, 0.717) is 23.9 Å². The molecule has 0 unspecified atom stereocenters. The van der Waals surface area contributed by atoms with Crippen LogP contribution >= 0.6 is 0 Å². The van der Waals surface area contributed by atoms with Crippen molar-refractivity contribution in [2.24, 2.45) is 0 Å². The fourth-order valence-corrected chi connectivity index (χ4v) is 3.50. The second-order valence-corrected chi connectivity index (χ2v) is 6.15. The molecule has 0 aromatic carbocycles. The quantitative estimate of drug-likeness (QED) is 0.789. The van der Waals surface area contributed by atoms with Crippen LogP contribution in [0.5, 0.6) is 0 Å². The summed E-state index contributed by atoms with van der Waals surface area (Å²) in [4.78, 5) is 27.0. The van der Waals surface area contributed by atoms with Gasteiger partial charge in [0.15, 0.2) is 5.58 Å². The number of likely N-dealkylation sites (tertiary alicyclic amines) is 1. The molecular weight excluding hydrogens is 308 g/mol. The zero-order valence-electron chi connectivity index (χ0n) is 14.3. The molecule has 130 valence electrons. The number of hydrogen-bond donors (Lipinski definition) is 0. The Balaban J connectivity index is 1.87. The number of furan rings is 1. The molecule has 1 atom stereocenters. The third kappa shape index (κ3) is 3.05. The summed E-state index contributed by atoms with van der Waals surface area (Å²) in [7, 11) is 0. The summed E-state index contributed by atoms with van der Waals surface area (Å²) >= 11 is 0. The van der Waals surface area contributed by atoms with Crippen LogP contribution < -0.4 is 0 Å². The van der Waals surface area contributed by atoms with Crippen molar-refractivity contribution >= 4 is 23.0 Å². The third-order valence-corrected chi connectivity index (χ3v) is 4.72. The van der Waals surface area contributed by atoms with Gasteiger partial charge in [-0.15, -0.1) is 0 Å². The lowest BCUT2D eigenvalue weighted by atomic mass is 10.00. The molecule has 2 aromatic rings. The van der Waals surface area contributed by atoms with Gasteiger partial charge in [0.1, 0.15) is 12.2 Å². The topological polar surface area (TPSA) is 64.7 Å². The maximum atomic E-state index is 12.9. The van der Waals surface area contributed by atoms with Gasteiger partial charge in [-0.3, -0.25) is 4.79 Å². The summed E-state index contributed by atoms with van der Waals surface area (Å²) in [6, 6.07) is 3.72. The van der Waals surface area contributed by atoms with Crippen molar-refractivity contribution < 1.29 is 18.7 Å². The van der Waals surface area contributed by atoms with Crippen LogP contribution in [0, 0.1) is 0 Å². The van der Waals surface area contributed by atoms with Crippen molar-refractivity contribution in [3.8, 4) is 0 Å². The Bertz CT molecular complexity index is 731. The van der Waals surface area contributed by atoms with Gasteiger partial charge in [-0.25, -0.2) is 4.79 Å². The Labute approximate surface area is 141 Å². The Hall–Kier alpha value is -2.24. The van der Waals surface area contributed by atoms with Crippen molar-refractivity contribution in [3.63, 3.8) is 0 Å². The fourth-order valence-electron chi connectivity index (χ4n) is 3.50. The minimum atomic E-state index is -0.428. The Morgan fingerprint density at radius 3 is 2.92 bits per heavy atom. The average Bonchev–Trinajstić information content (AvgIpc) is 3.17. The van der Waals surface area contributed by atoms with Gasteiger partial charge in [0, 0.05) is 24.7 Å². The molecule has 6 heteroatoms. The molecule has 3 heterocycles. The van der Waals surface area contributed by atoms with Crippen LogP contribution in [0.2, 0.25) is 0 Å². The van der Waals surface area contributed by atoms with Crippen molar-refractivity contribution in [3.05, 3.63) is 24.1 Å². The molecular formula is C18H24N2O4. The summed E-state index contributed by atoms with van der Waals surface area (Å²) in [5.74, 6) is -0.381. The predicted molar refractivity (Wildman–Crippen MR) is 89.8 cm³/mol. The van der Waals surface area contributed by atoms with E-state index in [4.69, 9.17) is 9.15 Å². The minimum Gasteiger partial charge on any atom is -0.463 e. The van der Waals surface area contributed by atoms with E-state index in [2.05, 4.69) is 6.92 Å². The van der Waals surface area contributed by atoms with Crippen LogP contribution in [0.15, 0.2) is 22.8 Å². The van der Waals surface area contributed by atoms with Crippen molar-refractivity contribution in [1.29, 1.82) is 0 Å². The molecule has 1 aliphatic rings. The first kappa shape index (κ1) is 16.6. The summed E-state index contributed by atoms with van der Waals surface area (Å²) in [5, 5.41) is 0. The maximum Gasteiger partial charge on any atom is 0.355 e. The van der Waals surface area contributed by atoms with E-state index in [0.717, 1.165) is 31.3 Å². The Kier molecular flexibility index (Phi) is 4.92. The molecule has 1 fully saturated rings. The number of nitrogens with zero attached hydrogens (tertiary/aromatic N) is 2. The summed E-state index contributed by atoms with van der Waals surface area (Å²) in [6.45, 7) is 5.10. The fraction of sp³-hybridized carbons (Fsp3) is 0.556. The average molecular weight is 332 g/mol. The molecule has 0 radical (unpaired) electrons. The zero-order valence-corrected chi connectivity index (χ0v) is 14.3. The van der Waals surface area contributed by atoms with Crippen LogP contribution in [-0.2, 0) is 16.1 Å². The van der Waals surface area contributed by atoms with Gasteiger partial charge < -0.3 is 18.6 Å². The minimum absolute atomic E-state index is 0.0470. The normalized spacial score (nSPS) is 18.1. The maximum absolute atomic E-state index is 12.9. The molecule has 0 N–H and O–H groups in total. The molecule has 6 nitrogen and oxygen atoms in total. The van der Waals surface area contributed by atoms with Gasteiger partial charge in [-0.2, -0.15) is 0 Å². The van der Waals surface area contributed by atoms with Crippen molar-refractivity contribution in [1.82, 2.24) is 9.47 Å². The number of amides is 1. The molecule has 0 bridgehead atoms. The monoisotopic (exact) mass is 332 g/mol. The molecule has 0 saturated carbocycles. The first-order valence-corrected chi connectivity index (χ1v) is 8.69. The molecule has 1 amide bonds. The van der Waals surface area contributed by atoms with Gasteiger partial charge in [-0.1, -0.05) is 6.92 Å². The number of esters is 1. The molecule has 3 rings (SSSR count). The highest BCUT2D eigenvalue weighted by molar-refractivity contribution is 5.95. The lowest BCUT2D eigenvalue weighted by Gasteiger charge is -2.35. The largest absolute Gasteiger partial charge is 0.463 e. The number of piperidine rings is 1. The highest BCUT2D eigenvalue weighted by Gasteiger charge is 2.27. The number of carbonyl (C=O) groups is 2. The van der Waals surface area contributed by atoms with E-state index >= 15 is 0 Å². The number of carbonyl (C=O) groups excluding carboxylic acids is 2. The predicted octanol–water partition coefficient (Wildman–Crippen LogP) is 3.20.